The first-order valence-electron chi connectivity index (χ1n) is 14.4. The Labute approximate surface area is 243 Å². The van der Waals surface area contributed by atoms with Crippen molar-refractivity contribution in [3.63, 3.8) is 0 Å². The van der Waals surface area contributed by atoms with Gasteiger partial charge in [0.2, 0.25) is 14.1 Å². The highest BCUT2D eigenvalue weighted by molar-refractivity contribution is 6.83. The van der Waals surface area contributed by atoms with Crippen molar-refractivity contribution in [2.45, 2.75) is 94.6 Å². The van der Waals surface area contributed by atoms with Crippen molar-refractivity contribution in [2.75, 3.05) is 0 Å². The van der Waals surface area contributed by atoms with Crippen molar-refractivity contribution in [1.82, 2.24) is 0 Å². The lowest BCUT2D eigenvalue weighted by Crippen LogP contribution is -2.56. The van der Waals surface area contributed by atoms with Crippen LogP contribution in [0.4, 0.5) is 35.1 Å². The molecule has 4 rings (SSSR count). The highest BCUT2D eigenvalue weighted by Gasteiger charge is 2.62. The Kier molecular flexibility index (Phi) is 9.36. The Morgan fingerprint density at radius 2 is 1.45 bits per heavy atom. The maximum Gasteiger partial charge on any atom is 0.291 e. The molecule has 2 aliphatic rings. The van der Waals surface area contributed by atoms with Gasteiger partial charge in [0, 0.05) is 28.3 Å². The third kappa shape index (κ3) is 5.23. The van der Waals surface area contributed by atoms with Gasteiger partial charge < -0.3 is 4.43 Å². The largest absolute Gasteiger partial charge is 0.378 e. The molecule has 2 aromatic rings. The first-order chi connectivity index (χ1) is 19.7. The molecule has 0 saturated heterocycles. The fourth-order valence-electron chi connectivity index (χ4n) is 6.47. The van der Waals surface area contributed by atoms with Crippen LogP contribution >= 0.6 is 0 Å². The molecule has 0 fully saturated rings. The maximum absolute atomic E-state index is 16.9. The number of hydrogen-bond donors (Lipinski definition) is 0. The molecule has 4 atom stereocenters. The first-order valence-corrected chi connectivity index (χ1v) is 19.6. The topological polar surface area (TPSA) is 9.23 Å². The minimum absolute atomic E-state index is 0.0332. The number of hydrogen-bond acceptors (Lipinski definition) is 1. The molecular formula is C31H36F8OSi2. The lowest BCUT2D eigenvalue weighted by Gasteiger charge is -2.44. The second-order valence-electron chi connectivity index (χ2n) is 11.8. The van der Waals surface area contributed by atoms with Gasteiger partial charge >= 0.3 is 0 Å². The summed E-state index contributed by atoms with van der Waals surface area (Å²) in [7, 11) is -5.47. The standard InChI is InChI=1S/C31H36F8OSi2/c1-6-41(7-2,8-3)14-15-42(18(4)5,17-19-12-10-9-11-13-19)40-31(39)29(37)24-23-22(20(32)16-21(33)26(23)34)27(35)25(24)28(36)30(31)38/h9-13,16,18,27,29H,6-8,14-15,17H2,1-5H3. The van der Waals surface area contributed by atoms with Crippen LogP contribution in [-0.2, 0) is 10.5 Å². The highest BCUT2D eigenvalue weighted by atomic mass is 28.4. The molecule has 0 bridgehead atoms. The molecule has 0 radical (unpaired) electrons. The number of benzene rings is 2. The summed E-state index contributed by atoms with van der Waals surface area (Å²) in [6.45, 7) is 9.80. The van der Waals surface area contributed by atoms with Crippen LogP contribution in [0.15, 0.2) is 53.6 Å². The van der Waals surface area contributed by atoms with Crippen LogP contribution in [0, 0.1) is 17.5 Å². The molecule has 42 heavy (non-hydrogen) atoms. The Bertz CT molecular complexity index is 1380. The molecule has 1 nitrogen and oxygen atoms in total. The van der Waals surface area contributed by atoms with E-state index in [2.05, 4.69) is 20.8 Å². The summed E-state index contributed by atoms with van der Waals surface area (Å²) in [4.78, 5) is 0. The van der Waals surface area contributed by atoms with Gasteiger partial charge in [0.1, 0.15) is 5.82 Å². The van der Waals surface area contributed by atoms with Crippen molar-refractivity contribution in [3.05, 3.63) is 87.8 Å². The molecule has 0 heterocycles. The van der Waals surface area contributed by atoms with Crippen molar-refractivity contribution in [2.24, 2.45) is 0 Å². The summed E-state index contributed by atoms with van der Waals surface area (Å²) in [5.41, 5.74) is -4.85. The molecular weight excluding hydrogens is 596 g/mol. The summed E-state index contributed by atoms with van der Waals surface area (Å²) in [5.74, 6) is -13.8. The summed E-state index contributed by atoms with van der Waals surface area (Å²) in [6.07, 6.45) is -6.14. The van der Waals surface area contributed by atoms with Crippen LogP contribution in [0.2, 0.25) is 35.8 Å². The Hall–Kier alpha value is -2.25. The summed E-state index contributed by atoms with van der Waals surface area (Å²) in [6, 6.07) is 12.9. The fraction of sp³-hybridized carbons (Fsp3) is 0.484. The van der Waals surface area contributed by atoms with E-state index in [0.29, 0.717) is 12.1 Å². The fourth-order valence-corrected chi connectivity index (χ4v) is 16.1. The number of rotatable bonds is 11. The highest BCUT2D eigenvalue weighted by Crippen LogP contribution is 2.59. The first kappa shape index (κ1) is 32.7. The van der Waals surface area contributed by atoms with Gasteiger partial charge in [-0.05, 0) is 23.2 Å². The zero-order chi connectivity index (χ0) is 31.2. The molecule has 0 aromatic heterocycles. The number of halogens is 8. The quantitative estimate of drug-likeness (QED) is 0.136. The second kappa shape index (κ2) is 12.0. The minimum Gasteiger partial charge on any atom is -0.378 e. The zero-order valence-electron chi connectivity index (χ0n) is 24.4. The Morgan fingerprint density at radius 3 is 2.00 bits per heavy atom. The summed E-state index contributed by atoms with van der Waals surface area (Å²) in [5, 5.41) is 0. The molecule has 0 amide bonds. The maximum atomic E-state index is 16.9. The van der Waals surface area contributed by atoms with Gasteiger partial charge in [-0.2, -0.15) is 0 Å². The van der Waals surface area contributed by atoms with Crippen molar-refractivity contribution >= 4 is 22.0 Å². The van der Waals surface area contributed by atoms with Crippen LogP contribution in [0.1, 0.15) is 57.5 Å². The lowest BCUT2D eigenvalue weighted by molar-refractivity contribution is -0.0994. The van der Waals surface area contributed by atoms with Crippen LogP contribution < -0.4 is 0 Å². The van der Waals surface area contributed by atoms with Crippen molar-refractivity contribution in [3.8, 4) is 0 Å². The van der Waals surface area contributed by atoms with Gasteiger partial charge in [-0.1, -0.05) is 89.1 Å². The van der Waals surface area contributed by atoms with E-state index in [1.165, 1.54) is 0 Å². The van der Waals surface area contributed by atoms with E-state index in [-0.39, 0.29) is 12.1 Å². The van der Waals surface area contributed by atoms with E-state index >= 15 is 22.0 Å². The van der Waals surface area contributed by atoms with E-state index < -0.39 is 91.5 Å². The van der Waals surface area contributed by atoms with Gasteiger partial charge in [-0.15, -0.1) is 0 Å². The second-order valence-corrected chi connectivity index (χ2v) is 21.8. The monoisotopic (exact) mass is 632 g/mol. The third-order valence-corrected chi connectivity index (χ3v) is 20.9. The molecule has 0 saturated carbocycles. The smallest absolute Gasteiger partial charge is 0.291 e. The number of allylic oxidation sites excluding steroid dienone is 2. The molecule has 2 aliphatic carbocycles. The van der Waals surface area contributed by atoms with Gasteiger partial charge in [0.25, 0.3) is 5.85 Å². The summed E-state index contributed by atoms with van der Waals surface area (Å²) >= 11 is 0. The predicted molar refractivity (Wildman–Crippen MR) is 154 cm³/mol. The normalized spacial score (nSPS) is 23.9. The Morgan fingerprint density at radius 1 is 0.857 bits per heavy atom. The lowest BCUT2D eigenvalue weighted by atomic mass is 9.89. The molecule has 2 aromatic carbocycles. The van der Waals surface area contributed by atoms with Gasteiger partial charge in [-0.3, -0.25) is 0 Å². The molecule has 0 spiro atoms. The molecule has 11 heteroatoms. The van der Waals surface area contributed by atoms with E-state index in [4.69, 9.17) is 4.43 Å². The molecule has 0 N–H and O–H groups in total. The van der Waals surface area contributed by atoms with Crippen LogP contribution in [0.3, 0.4) is 0 Å². The number of fused-ring (bicyclic) bond motifs is 2. The van der Waals surface area contributed by atoms with E-state index in [1.807, 2.05) is 0 Å². The minimum atomic E-state index is -4.10. The van der Waals surface area contributed by atoms with Crippen molar-refractivity contribution in [1.29, 1.82) is 0 Å². The predicted octanol–water partition coefficient (Wildman–Crippen LogP) is 10.7. The Balaban J connectivity index is 1.87. The van der Waals surface area contributed by atoms with Gasteiger partial charge in [-0.25, -0.2) is 35.1 Å². The van der Waals surface area contributed by atoms with Gasteiger partial charge in [0.05, 0.1) is 8.07 Å². The van der Waals surface area contributed by atoms with Crippen molar-refractivity contribution < 1.29 is 39.5 Å². The van der Waals surface area contributed by atoms with Gasteiger partial charge in [0.15, 0.2) is 29.8 Å². The van der Waals surface area contributed by atoms with E-state index in [0.717, 1.165) is 23.7 Å². The van der Waals surface area contributed by atoms with E-state index in [1.54, 1.807) is 44.2 Å². The molecule has 4 unspecified atom stereocenters. The van der Waals surface area contributed by atoms with Crippen LogP contribution in [-0.4, -0.2) is 28.4 Å². The third-order valence-electron chi connectivity index (χ3n) is 9.66. The summed E-state index contributed by atoms with van der Waals surface area (Å²) < 4.78 is 129. The number of alkyl halides is 3. The average molecular weight is 633 g/mol. The van der Waals surface area contributed by atoms with Crippen LogP contribution in [0.25, 0.3) is 5.57 Å². The molecule has 230 valence electrons. The van der Waals surface area contributed by atoms with E-state index in [9.17, 15) is 13.2 Å². The zero-order valence-corrected chi connectivity index (χ0v) is 26.4. The molecule has 0 aliphatic heterocycles. The SMILES string of the molecule is CC[Si](CC)(CC)CC[Si](Cc1ccccc1)(OC1(F)C(F)=C(F)C2=C(c3c(F)c(F)cc(F)c3C2F)C1F)C(C)C. The van der Waals surface area contributed by atoms with Crippen LogP contribution in [0.5, 0.6) is 0 Å². The average Bonchev–Trinajstić information content (AvgIpc) is 3.28.